The van der Waals surface area contributed by atoms with Gasteiger partial charge >= 0.3 is 48.9 Å². The van der Waals surface area contributed by atoms with Crippen LogP contribution < -0.4 is 0 Å². The number of unbranched alkanes of at least 4 members (excludes halogenated alkanes) is 16. The van der Waals surface area contributed by atoms with Crippen LogP contribution in [0.2, 0.25) is 0 Å². The monoisotopic (exact) mass is 944 g/mol. The first-order valence-electron chi connectivity index (χ1n) is 22.0. The maximum absolute atomic E-state index is 11.8. The molecule has 6 nitrogen and oxygen atoms in total. The van der Waals surface area contributed by atoms with E-state index < -0.39 is 20.2 Å². The summed E-state index contributed by atoms with van der Waals surface area (Å²) in [5.74, 6) is 0. The fourth-order valence-electron chi connectivity index (χ4n) is 8.01. The van der Waals surface area contributed by atoms with Gasteiger partial charge in [0.15, 0.2) is 0 Å². The van der Waals surface area contributed by atoms with Crippen LogP contribution in [0.25, 0.3) is 21.5 Å². The molecule has 0 radical (unpaired) electrons. The summed E-state index contributed by atoms with van der Waals surface area (Å²) in [5.41, 5.74) is 4.73. The molecule has 0 unspecified atom stereocenters. The molecule has 0 fully saturated rings. The van der Waals surface area contributed by atoms with E-state index in [0.717, 1.165) is 62.1 Å². The number of fused-ring (bicyclic) bond motifs is 2. The summed E-state index contributed by atoms with van der Waals surface area (Å²) in [6.45, 7) is 8.84. The van der Waals surface area contributed by atoms with E-state index in [9.17, 15) is 25.9 Å². The largest absolute Gasteiger partial charge is 2.00 e. The standard InChI is InChI=1S/2C24H36O3S.Ba/c2*1-3-5-7-9-11-14-20-16-13-17-22-23(28(25,26)27)19-18-21(24(20)22)15-12-10-8-6-4-2;/h2*13,16-19H,3-12,14-15H2,1-2H3,(H,25,26,27);/q;;+2/p-2. The van der Waals surface area contributed by atoms with Crippen LogP contribution in [0.4, 0.5) is 0 Å². The average Bonchev–Trinajstić information content (AvgIpc) is 3.16. The van der Waals surface area contributed by atoms with Gasteiger partial charge in [0, 0.05) is 0 Å². The molecule has 9 heteroatoms. The van der Waals surface area contributed by atoms with Gasteiger partial charge in [-0.15, -0.1) is 0 Å². The second-order valence-corrected chi connectivity index (χ2v) is 18.4. The van der Waals surface area contributed by atoms with Crippen molar-refractivity contribution in [1.82, 2.24) is 0 Å². The van der Waals surface area contributed by atoms with Crippen molar-refractivity contribution in [2.24, 2.45) is 0 Å². The summed E-state index contributed by atoms with van der Waals surface area (Å²) in [6.07, 6.45) is 27.8. The molecule has 0 bridgehead atoms. The average molecular weight is 945 g/mol. The van der Waals surface area contributed by atoms with Crippen LogP contribution in [0.3, 0.4) is 0 Å². The summed E-state index contributed by atoms with van der Waals surface area (Å²) < 4.78 is 70.7. The number of aryl methyl sites for hydroxylation is 4. The summed E-state index contributed by atoms with van der Waals surface area (Å²) >= 11 is 0. The van der Waals surface area contributed by atoms with E-state index in [1.807, 2.05) is 24.3 Å². The molecular formula is C48H70BaO6S2. The van der Waals surface area contributed by atoms with Crippen molar-refractivity contribution >= 4 is 90.7 Å². The Kier molecular flexibility index (Phi) is 25.8. The van der Waals surface area contributed by atoms with Crippen LogP contribution in [0, 0.1) is 0 Å². The van der Waals surface area contributed by atoms with Gasteiger partial charge < -0.3 is 9.11 Å². The molecule has 0 spiro atoms. The Morgan fingerprint density at radius 2 is 0.632 bits per heavy atom. The van der Waals surface area contributed by atoms with Crippen molar-refractivity contribution in [3.63, 3.8) is 0 Å². The fraction of sp³-hybridized carbons (Fsp3) is 0.583. The van der Waals surface area contributed by atoms with Gasteiger partial charge in [-0.1, -0.05) is 179 Å². The minimum atomic E-state index is -4.48. The van der Waals surface area contributed by atoms with Gasteiger partial charge in [0.2, 0.25) is 0 Å². The van der Waals surface area contributed by atoms with Gasteiger partial charge in [0.05, 0.1) is 9.79 Å². The zero-order valence-electron chi connectivity index (χ0n) is 35.7. The molecule has 0 N–H and O–H groups in total. The predicted molar refractivity (Wildman–Crippen MR) is 239 cm³/mol. The molecule has 0 atom stereocenters. The van der Waals surface area contributed by atoms with Crippen LogP contribution in [-0.4, -0.2) is 74.8 Å². The molecule has 0 aliphatic carbocycles. The van der Waals surface area contributed by atoms with Gasteiger partial charge in [-0.3, -0.25) is 0 Å². The van der Waals surface area contributed by atoms with E-state index in [2.05, 4.69) is 39.8 Å². The normalized spacial score (nSPS) is 11.8. The van der Waals surface area contributed by atoms with Gasteiger partial charge in [-0.25, -0.2) is 16.8 Å². The maximum Gasteiger partial charge on any atom is 2.00 e. The Bertz CT molecular complexity index is 1790. The SMILES string of the molecule is CCCCCCCc1cccc2c(S(=O)(=O)[O-])ccc(CCCCCCC)c12.CCCCCCCc1cccc2c(S(=O)(=O)[O-])ccc(CCCCCCC)c12.[Ba+2]. The van der Waals surface area contributed by atoms with Crippen LogP contribution >= 0.6 is 0 Å². The number of rotatable bonds is 26. The summed E-state index contributed by atoms with van der Waals surface area (Å²) in [7, 11) is -8.96. The van der Waals surface area contributed by atoms with Crippen LogP contribution in [0.15, 0.2) is 70.5 Å². The van der Waals surface area contributed by atoms with E-state index in [-0.39, 0.29) is 58.7 Å². The topological polar surface area (TPSA) is 114 Å². The van der Waals surface area contributed by atoms with E-state index in [1.54, 1.807) is 12.1 Å². The van der Waals surface area contributed by atoms with Crippen molar-refractivity contribution < 1.29 is 25.9 Å². The van der Waals surface area contributed by atoms with Crippen molar-refractivity contribution in [2.75, 3.05) is 0 Å². The molecule has 0 aliphatic heterocycles. The number of benzene rings is 4. The first kappa shape index (κ1) is 51.9. The van der Waals surface area contributed by atoms with Crippen molar-refractivity contribution in [2.45, 2.75) is 192 Å². The van der Waals surface area contributed by atoms with Gasteiger partial charge in [-0.05, 0) is 107 Å². The van der Waals surface area contributed by atoms with Crippen molar-refractivity contribution in [1.29, 1.82) is 0 Å². The van der Waals surface area contributed by atoms with E-state index >= 15 is 0 Å². The second kappa shape index (κ2) is 28.3. The minimum Gasteiger partial charge on any atom is -0.744 e. The predicted octanol–water partition coefficient (Wildman–Crippen LogP) is 13.2. The zero-order chi connectivity index (χ0) is 40.8. The molecule has 57 heavy (non-hydrogen) atoms. The molecule has 4 rings (SSSR count). The molecule has 0 saturated heterocycles. The first-order chi connectivity index (χ1) is 27.0. The van der Waals surface area contributed by atoms with Crippen molar-refractivity contribution in [3.8, 4) is 0 Å². The quantitative estimate of drug-likeness (QED) is 0.0352. The first-order valence-corrected chi connectivity index (χ1v) is 24.8. The summed E-state index contributed by atoms with van der Waals surface area (Å²) in [6, 6.07) is 18.3. The third-order valence-electron chi connectivity index (χ3n) is 11.1. The Labute approximate surface area is 387 Å². The molecule has 4 aromatic rings. The molecular weight excluding hydrogens is 874 g/mol. The van der Waals surface area contributed by atoms with Gasteiger partial charge in [-0.2, -0.15) is 0 Å². The Morgan fingerprint density at radius 3 is 0.895 bits per heavy atom. The van der Waals surface area contributed by atoms with Gasteiger partial charge in [0.25, 0.3) is 0 Å². The second-order valence-electron chi connectivity index (χ2n) is 15.7. The number of hydrogen-bond donors (Lipinski definition) is 0. The van der Waals surface area contributed by atoms with Crippen LogP contribution in [-0.2, 0) is 45.9 Å². The molecule has 0 saturated carbocycles. The minimum absolute atomic E-state index is 0. The molecule has 0 aromatic heterocycles. The Hall–Kier alpha value is -1.21. The maximum atomic E-state index is 11.8. The van der Waals surface area contributed by atoms with E-state index in [0.29, 0.717) is 10.8 Å². The Morgan fingerprint density at radius 1 is 0.368 bits per heavy atom. The van der Waals surface area contributed by atoms with Crippen LogP contribution in [0.1, 0.15) is 178 Å². The van der Waals surface area contributed by atoms with E-state index in [4.69, 9.17) is 0 Å². The molecule has 4 aromatic carbocycles. The van der Waals surface area contributed by atoms with Crippen LogP contribution in [0.5, 0.6) is 0 Å². The number of hydrogen-bond acceptors (Lipinski definition) is 6. The smallest absolute Gasteiger partial charge is 0.744 e. The van der Waals surface area contributed by atoms with E-state index in [1.165, 1.54) is 137 Å². The summed E-state index contributed by atoms with van der Waals surface area (Å²) in [4.78, 5) is -0.157. The summed E-state index contributed by atoms with van der Waals surface area (Å²) in [5, 5.41) is 3.22. The molecule has 312 valence electrons. The third-order valence-corrected chi connectivity index (χ3v) is 12.9. The molecule has 0 aliphatic rings. The zero-order valence-corrected chi connectivity index (χ0v) is 41.8. The third kappa shape index (κ3) is 17.7. The Balaban J connectivity index is 0.000000387. The fourth-order valence-corrected chi connectivity index (χ4v) is 9.36. The van der Waals surface area contributed by atoms with Crippen molar-refractivity contribution in [3.05, 3.63) is 82.9 Å². The van der Waals surface area contributed by atoms with Gasteiger partial charge in [0.1, 0.15) is 20.2 Å². The molecule has 0 heterocycles. The molecule has 0 amide bonds.